The maximum absolute atomic E-state index is 12.6. The Balaban J connectivity index is 1.66. The summed E-state index contributed by atoms with van der Waals surface area (Å²) in [4.78, 5) is 22.5. The predicted molar refractivity (Wildman–Crippen MR) is 90.9 cm³/mol. The van der Waals surface area contributed by atoms with E-state index in [9.17, 15) is 4.79 Å². The maximum atomic E-state index is 12.6. The number of carbonyl (C=O) groups is 1. The Kier molecular flexibility index (Phi) is 4.30. The van der Waals surface area contributed by atoms with E-state index in [1.165, 1.54) is 4.88 Å². The number of hydrogen-bond donors (Lipinski definition) is 0. The standard InChI is InChI=1S/C17H18N4OS/c1-12-13(2)23-17(19-12)21-8-6-20(7-9-21)16(22)15-5-3-4-14(10-15)11-18/h3-5,10H,6-9H2,1-2H3. The number of hydrogen-bond acceptors (Lipinski definition) is 5. The maximum Gasteiger partial charge on any atom is 0.254 e. The first kappa shape index (κ1) is 15.5. The molecule has 1 aliphatic heterocycles. The molecule has 1 aromatic carbocycles. The second-order valence-electron chi connectivity index (χ2n) is 5.61. The normalized spacial score (nSPS) is 14.7. The molecule has 0 unspecified atom stereocenters. The highest BCUT2D eigenvalue weighted by Crippen LogP contribution is 2.26. The van der Waals surface area contributed by atoms with Gasteiger partial charge in [-0.3, -0.25) is 4.79 Å². The number of thiazole rings is 1. The second kappa shape index (κ2) is 6.39. The Labute approximate surface area is 139 Å². The Hall–Kier alpha value is -2.39. The van der Waals surface area contributed by atoms with E-state index in [4.69, 9.17) is 5.26 Å². The van der Waals surface area contributed by atoms with E-state index in [1.54, 1.807) is 35.6 Å². The largest absolute Gasteiger partial charge is 0.345 e. The molecule has 0 N–H and O–H groups in total. The van der Waals surface area contributed by atoms with Crippen molar-refractivity contribution < 1.29 is 4.79 Å². The Morgan fingerprint density at radius 2 is 2.00 bits per heavy atom. The molecule has 0 aliphatic carbocycles. The van der Waals surface area contributed by atoms with Gasteiger partial charge in [-0.05, 0) is 32.0 Å². The molecule has 5 nitrogen and oxygen atoms in total. The topological polar surface area (TPSA) is 60.2 Å². The third kappa shape index (κ3) is 3.20. The van der Waals surface area contributed by atoms with Crippen molar-refractivity contribution in [2.45, 2.75) is 13.8 Å². The summed E-state index contributed by atoms with van der Waals surface area (Å²) in [6, 6.07) is 8.96. The first-order valence-electron chi connectivity index (χ1n) is 7.57. The molecule has 0 radical (unpaired) electrons. The molecule has 1 aliphatic rings. The average molecular weight is 326 g/mol. The second-order valence-corrected chi connectivity index (χ2v) is 6.79. The third-order valence-electron chi connectivity index (χ3n) is 4.09. The van der Waals surface area contributed by atoms with Crippen LogP contribution in [0.2, 0.25) is 0 Å². The van der Waals surface area contributed by atoms with E-state index in [0.29, 0.717) is 24.2 Å². The molecular weight excluding hydrogens is 308 g/mol. The molecule has 1 saturated heterocycles. The number of benzene rings is 1. The lowest BCUT2D eigenvalue weighted by Gasteiger charge is -2.34. The number of rotatable bonds is 2. The van der Waals surface area contributed by atoms with Crippen molar-refractivity contribution in [3.8, 4) is 6.07 Å². The minimum atomic E-state index is -0.00625. The van der Waals surface area contributed by atoms with Gasteiger partial charge in [0, 0.05) is 36.6 Å². The van der Waals surface area contributed by atoms with Crippen LogP contribution < -0.4 is 4.90 Å². The number of aryl methyl sites for hydroxylation is 2. The number of amides is 1. The minimum absolute atomic E-state index is 0.00625. The predicted octanol–water partition coefficient (Wildman–Crippen LogP) is 2.59. The molecule has 6 heteroatoms. The zero-order chi connectivity index (χ0) is 16.4. The molecule has 1 amide bonds. The third-order valence-corrected chi connectivity index (χ3v) is 5.23. The quantitative estimate of drug-likeness (QED) is 0.851. The fraction of sp³-hybridized carbons (Fsp3) is 0.353. The molecule has 0 spiro atoms. The monoisotopic (exact) mass is 326 g/mol. The van der Waals surface area contributed by atoms with Gasteiger partial charge < -0.3 is 9.80 Å². The van der Waals surface area contributed by atoms with Gasteiger partial charge in [-0.1, -0.05) is 6.07 Å². The summed E-state index contributed by atoms with van der Waals surface area (Å²) in [5.74, 6) is -0.00625. The van der Waals surface area contributed by atoms with E-state index >= 15 is 0 Å². The van der Waals surface area contributed by atoms with Crippen molar-refractivity contribution in [2.75, 3.05) is 31.1 Å². The molecule has 0 bridgehead atoms. The summed E-state index contributed by atoms with van der Waals surface area (Å²) in [6.07, 6.45) is 0. The molecular formula is C17H18N4OS. The summed E-state index contributed by atoms with van der Waals surface area (Å²) in [5.41, 5.74) is 2.18. The van der Waals surface area contributed by atoms with E-state index in [-0.39, 0.29) is 5.91 Å². The van der Waals surface area contributed by atoms with Crippen molar-refractivity contribution in [3.63, 3.8) is 0 Å². The molecule has 23 heavy (non-hydrogen) atoms. The Morgan fingerprint density at radius 3 is 2.61 bits per heavy atom. The SMILES string of the molecule is Cc1nc(N2CCN(C(=O)c3cccc(C#N)c3)CC2)sc1C. The van der Waals surface area contributed by atoms with Crippen LogP contribution in [0.5, 0.6) is 0 Å². The average Bonchev–Trinajstić information content (AvgIpc) is 2.93. The van der Waals surface area contributed by atoms with Gasteiger partial charge in [0.05, 0.1) is 17.3 Å². The highest BCUT2D eigenvalue weighted by atomic mass is 32.1. The van der Waals surface area contributed by atoms with Crippen molar-refractivity contribution in [2.24, 2.45) is 0 Å². The van der Waals surface area contributed by atoms with Crippen LogP contribution in [0.1, 0.15) is 26.5 Å². The number of nitriles is 1. The molecule has 118 valence electrons. The van der Waals surface area contributed by atoms with Gasteiger partial charge in [-0.2, -0.15) is 5.26 Å². The zero-order valence-corrected chi connectivity index (χ0v) is 14.1. The Bertz CT molecular complexity index is 750. The van der Waals surface area contributed by atoms with Crippen LogP contribution >= 0.6 is 11.3 Å². The molecule has 0 saturated carbocycles. The van der Waals surface area contributed by atoms with Crippen molar-refractivity contribution >= 4 is 22.4 Å². The van der Waals surface area contributed by atoms with Gasteiger partial charge in [-0.25, -0.2) is 4.98 Å². The smallest absolute Gasteiger partial charge is 0.254 e. The molecule has 3 rings (SSSR count). The van der Waals surface area contributed by atoms with Crippen LogP contribution in [0.3, 0.4) is 0 Å². The van der Waals surface area contributed by atoms with E-state index in [0.717, 1.165) is 23.9 Å². The molecule has 2 heterocycles. The van der Waals surface area contributed by atoms with E-state index in [1.807, 2.05) is 11.8 Å². The van der Waals surface area contributed by atoms with Crippen LogP contribution in [-0.2, 0) is 0 Å². The van der Waals surface area contributed by atoms with Crippen LogP contribution in [0, 0.1) is 25.2 Å². The zero-order valence-electron chi connectivity index (χ0n) is 13.2. The van der Waals surface area contributed by atoms with Crippen molar-refractivity contribution in [1.82, 2.24) is 9.88 Å². The number of carbonyl (C=O) groups excluding carboxylic acids is 1. The molecule has 0 atom stereocenters. The highest BCUT2D eigenvalue weighted by Gasteiger charge is 2.24. The van der Waals surface area contributed by atoms with Gasteiger partial charge in [0.25, 0.3) is 5.91 Å². The van der Waals surface area contributed by atoms with Crippen molar-refractivity contribution in [1.29, 1.82) is 5.26 Å². The highest BCUT2D eigenvalue weighted by molar-refractivity contribution is 7.15. The van der Waals surface area contributed by atoms with Gasteiger partial charge in [0.1, 0.15) is 0 Å². The lowest BCUT2D eigenvalue weighted by molar-refractivity contribution is 0.0746. The van der Waals surface area contributed by atoms with E-state index < -0.39 is 0 Å². The summed E-state index contributed by atoms with van der Waals surface area (Å²) < 4.78 is 0. The molecule has 1 aromatic heterocycles. The van der Waals surface area contributed by atoms with Gasteiger partial charge in [0.15, 0.2) is 5.13 Å². The first-order chi connectivity index (χ1) is 11.1. The van der Waals surface area contributed by atoms with Gasteiger partial charge >= 0.3 is 0 Å². The summed E-state index contributed by atoms with van der Waals surface area (Å²) in [6.45, 7) is 7.03. The fourth-order valence-corrected chi connectivity index (χ4v) is 3.56. The lowest BCUT2D eigenvalue weighted by Crippen LogP contribution is -2.48. The number of piperazine rings is 1. The number of anilines is 1. The lowest BCUT2D eigenvalue weighted by atomic mass is 10.1. The summed E-state index contributed by atoms with van der Waals surface area (Å²) in [5, 5.41) is 9.99. The molecule has 1 fully saturated rings. The number of aromatic nitrogens is 1. The summed E-state index contributed by atoms with van der Waals surface area (Å²) in [7, 11) is 0. The summed E-state index contributed by atoms with van der Waals surface area (Å²) >= 11 is 1.71. The van der Waals surface area contributed by atoms with E-state index in [2.05, 4.69) is 22.9 Å². The fourth-order valence-electron chi connectivity index (χ4n) is 2.60. The minimum Gasteiger partial charge on any atom is -0.345 e. The van der Waals surface area contributed by atoms with Crippen LogP contribution in [0.4, 0.5) is 5.13 Å². The van der Waals surface area contributed by atoms with Crippen LogP contribution in [-0.4, -0.2) is 42.0 Å². The van der Waals surface area contributed by atoms with Crippen molar-refractivity contribution in [3.05, 3.63) is 46.0 Å². The van der Waals surface area contributed by atoms with Crippen LogP contribution in [0.15, 0.2) is 24.3 Å². The van der Waals surface area contributed by atoms with Gasteiger partial charge in [0.2, 0.25) is 0 Å². The number of nitrogens with zero attached hydrogens (tertiary/aromatic N) is 4. The first-order valence-corrected chi connectivity index (χ1v) is 8.38. The molecule has 2 aromatic rings. The Morgan fingerprint density at radius 1 is 1.26 bits per heavy atom. The van der Waals surface area contributed by atoms with Gasteiger partial charge in [-0.15, -0.1) is 11.3 Å². The van der Waals surface area contributed by atoms with Crippen LogP contribution in [0.25, 0.3) is 0 Å².